The summed E-state index contributed by atoms with van der Waals surface area (Å²) in [6, 6.07) is 20.8. The van der Waals surface area contributed by atoms with E-state index in [9.17, 15) is 19.5 Å². The first kappa shape index (κ1) is 24.4. The molecule has 4 N–H and O–H groups in total. The Kier molecular flexibility index (Phi) is 7.48. The Bertz CT molecular complexity index is 1230. The van der Waals surface area contributed by atoms with Gasteiger partial charge in [0.2, 0.25) is 0 Å². The highest BCUT2D eigenvalue weighted by molar-refractivity contribution is 9.10. The van der Waals surface area contributed by atoms with Crippen LogP contribution >= 0.6 is 15.9 Å². The number of halogens is 1. The van der Waals surface area contributed by atoms with E-state index >= 15 is 0 Å². The number of aliphatic hydroxyl groups is 1. The summed E-state index contributed by atoms with van der Waals surface area (Å²) in [4.78, 5) is 36.0. The van der Waals surface area contributed by atoms with Crippen LogP contribution in [0, 0.1) is 0 Å². The van der Waals surface area contributed by atoms with Gasteiger partial charge >= 0.3 is 12.1 Å². The van der Waals surface area contributed by atoms with Crippen LogP contribution in [0.15, 0.2) is 71.2 Å². The number of fused-ring (bicyclic) bond motifs is 3. The second-order valence-corrected chi connectivity index (χ2v) is 8.95. The van der Waals surface area contributed by atoms with E-state index in [1.54, 1.807) is 12.1 Å². The molecule has 0 saturated heterocycles. The third kappa shape index (κ3) is 5.52. The molecule has 2 amide bonds. The first-order chi connectivity index (χ1) is 16.8. The molecule has 1 atom stereocenters. The molecule has 4 rings (SSSR count). The van der Waals surface area contributed by atoms with Crippen molar-refractivity contribution >= 4 is 39.6 Å². The van der Waals surface area contributed by atoms with Crippen LogP contribution in [0.5, 0.6) is 0 Å². The summed E-state index contributed by atoms with van der Waals surface area (Å²) in [5, 5.41) is 23.3. The van der Waals surface area contributed by atoms with E-state index in [1.807, 2.05) is 36.4 Å². The Morgan fingerprint density at radius 3 is 2.23 bits per heavy atom. The molecule has 1 unspecified atom stereocenters. The number of carboxylic acids is 1. The van der Waals surface area contributed by atoms with Gasteiger partial charge in [0.15, 0.2) is 6.10 Å². The van der Waals surface area contributed by atoms with Gasteiger partial charge in [0.05, 0.1) is 11.3 Å². The monoisotopic (exact) mass is 538 g/mol. The lowest BCUT2D eigenvalue weighted by atomic mass is 9.98. The number of hydrogen-bond donors (Lipinski definition) is 4. The van der Waals surface area contributed by atoms with Crippen molar-refractivity contribution in [3.8, 4) is 11.1 Å². The molecular formula is C26H23BrN2O6. The lowest BCUT2D eigenvalue weighted by Gasteiger charge is -2.16. The van der Waals surface area contributed by atoms with Crippen LogP contribution in [-0.4, -0.2) is 47.4 Å². The fourth-order valence-electron chi connectivity index (χ4n) is 4.10. The van der Waals surface area contributed by atoms with E-state index in [4.69, 9.17) is 9.84 Å². The van der Waals surface area contributed by atoms with Gasteiger partial charge in [-0.1, -0.05) is 64.5 Å². The molecular weight excluding hydrogens is 516 g/mol. The molecule has 1 aliphatic carbocycles. The average Bonchev–Trinajstić information content (AvgIpc) is 3.16. The quantitative estimate of drug-likeness (QED) is 0.337. The van der Waals surface area contributed by atoms with Crippen molar-refractivity contribution in [2.45, 2.75) is 18.4 Å². The van der Waals surface area contributed by atoms with Gasteiger partial charge in [-0.05, 0) is 40.5 Å². The van der Waals surface area contributed by atoms with Crippen LogP contribution in [0.3, 0.4) is 0 Å². The zero-order valence-corrected chi connectivity index (χ0v) is 20.1. The standard InChI is InChI=1S/C26H23BrN2O6/c27-15-9-10-20(24(31)28-12-11-23(30)25(32)33)22(13-15)29-26(34)35-14-21-18-7-3-1-5-16(18)17-6-2-4-8-19(17)21/h1-10,13,21,23,30H,11-12,14H2,(H,28,31)(H,29,34)(H,32,33). The van der Waals surface area contributed by atoms with Gasteiger partial charge in [0.1, 0.15) is 6.61 Å². The van der Waals surface area contributed by atoms with Crippen molar-refractivity contribution in [3.63, 3.8) is 0 Å². The smallest absolute Gasteiger partial charge is 0.411 e. The van der Waals surface area contributed by atoms with Gasteiger partial charge in [0, 0.05) is 23.4 Å². The molecule has 0 aliphatic heterocycles. The van der Waals surface area contributed by atoms with Gasteiger partial charge in [-0.3, -0.25) is 10.1 Å². The Morgan fingerprint density at radius 1 is 0.971 bits per heavy atom. The predicted octanol–water partition coefficient (Wildman–Crippen LogP) is 4.38. The lowest BCUT2D eigenvalue weighted by Crippen LogP contribution is -2.30. The largest absolute Gasteiger partial charge is 0.479 e. The fraction of sp³-hybridized carbons (Fsp3) is 0.192. The van der Waals surface area contributed by atoms with Gasteiger partial charge in [-0.25, -0.2) is 9.59 Å². The minimum absolute atomic E-state index is 0.0489. The lowest BCUT2D eigenvalue weighted by molar-refractivity contribution is -0.146. The Hall–Kier alpha value is -3.69. The topological polar surface area (TPSA) is 125 Å². The maximum atomic E-state index is 12.7. The number of amides is 2. The van der Waals surface area contributed by atoms with Crippen molar-refractivity contribution < 1.29 is 29.3 Å². The van der Waals surface area contributed by atoms with Crippen LogP contribution in [0.25, 0.3) is 11.1 Å². The Balaban J connectivity index is 1.42. The molecule has 0 heterocycles. The molecule has 0 saturated carbocycles. The number of anilines is 1. The maximum Gasteiger partial charge on any atom is 0.411 e. The predicted molar refractivity (Wildman–Crippen MR) is 133 cm³/mol. The molecule has 180 valence electrons. The first-order valence-electron chi connectivity index (χ1n) is 11.0. The molecule has 0 radical (unpaired) electrons. The SMILES string of the molecule is O=C(Nc1cc(Br)ccc1C(=O)NCCC(O)C(=O)O)OCC1c2ccccc2-c2ccccc21. The van der Waals surface area contributed by atoms with Gasteiger partial charge < -0.3 is 20.3 Å². The summed E-state index contributed by atoms with van der Waals surface area (Å²) in [7, 11) is 0. The summed E-state index contributed by atoms with van der Waals surface area (Å²) in [5.41, 5.74) is 4.83. The van der Waals surface area contributed by atoms with Crippen LogP contribution in [0.4, 0.5) is 10.5 Å². The summed E-state index contributed by atoms with van der Waals surface area (Å²) < 4.78 is 6.20. The number of aliphatic carboxylic acids is 1. The third-order valence-corrected chi connectivity index (χ3v) is 6.29. The summed E-state index contributed by atoms with van der Waals surface area (Å²) in [6.45, 7) is 0.0786. The van der Waals surface area contributed by atoms with Crippen molar-refractivity contribution in [2.24, 2.45) is 0 Å². The Labute approximate surface area is 210 Å². The van der Waals surface area contributed by atoms with E-state index in [0.29, 0.717) is 4.47 Å². The number of benzene rings is 3. The highest BCUT2D eigenvalue weighted by Gasteiger charge is 2.29. The van der Waals surface area contributed by atoms with Crippen LogP contribution in [-0.2, 0) is 9.53 Å². The van der Waals surface area contributed by atoms with Crippen LogP contribution in [0.2, 0.25) is 0 Å². The second kappa shape index (κ2) is 10.7. The molecule has 0 bridgehead atoms. The molecule has 0 fully saturated rings. The summed E-state index contributed by atoms with van der Waals surface area (Å²) >= 11 is 3.33. The zero-order valence-electron chi connectivity index (χ0n) is 18.5. The molecule has 0 spiro atoms. The van der Waals surface area contributed by atoms with Crippen molar-refractivity contribution in [3.05, 3.63) is 87.9 Å². The number of aliphatic hydroxyl groups excluding tert-OH is 1. The summed E-state index contributed by atoms with van der Waals surface area (Å²) in [6.07, 6.45) is -2.42. The molecule has 3 aromatic rings. The molecule has 9 heteroatoms. The number of ether oxygens (including phenoxy) is 1. The number of rotatable bonds is 8. The molecule has 0 aromatic heterocycles. The molecule has 1 aliphatic rings. The van der Waals surface area contributed by atoms with E-state index in [-0.39, 0.29) is 36.7 Å². The second-order valence-electron chi connectivity index (χ2n) is 8.04. The number of hydrogen-bond acceptors (Lipinski definition) is 5. The summed E-state index contributed by atoms with van der Waals surface area (Å²) in [5.74, 6) is -1.98. The molecule has 3 aromatic carbocycles. The minimum atomic E-state index is -1.57. The first-order valence-corrected chi connectivity index (χ1v) is 11.7. The van der Waals surface area contributed by atoms with E-state index in [0.717, 1.165) is 22.3 Å². The Morgan fingerprint density at radius 2 is 1.60 bits per heavy atom. The van der Waals surface area contributed by atoms with Gasteiger partial charge in [-0.15, -0.1) is 0 Å². The van der Waals surface area contributed by atoms with Gasteiger partial charge in [-0.2, -0.15) is 0 Å². The molecule has 35 heavy (non-hydrogen) atoms. The average molecular weight is 539 g/mol. The van der Waals surface area contributed by atoms with Crippen LogP contribution in [0.1, 0.15) is 33.8 Å². The number of nitrogens with one attached hydrogen (secondary N) is 2. The van der Waals surface area contributed by atoms with E-state index < -0.39 is 24.1 Å². The van der Waals surface area contributed by atoms with Crippen molar-refractivity contribution in [1.82, 2.24) is 5.32 Å². The fourth-order valence-corrected chi connectivity index (χ4v) is 4.46. The normalized spacial score (nSPS) is 12.9. The van der Waals surface area contributed by atoms with Gasteiger partial charge in [0.25, 0.3) is 5.91 Å². The maximum absolute atomic E-state index is 12.7. The third-order valence-electron chi connectivity index (χ3n) is 5.80. The van der Waals surface area contributed by atoms with E-state index in [1.165, 1.54) is 6.07 Å². The number of carbonyl (C=O) groups is 3. The van der Waals surface area contributed by atoms with Crippen LogP contribution < -0.4 is 10.6 Å². The number of carboxylic acid groups (broad SMARTS) is 1. The van der Waals surface area contributed by atoms with Crippen molar-refractivity contribution in [1.29, 1.82) is 0 Å². The number of carbonyl (C=O) groups excluding carboxylic acids is 2. The van der Waals surface area contributed by atoms with Crippen molar-refractivity contribution in [2.75, 3.05) is 18.5 Å². The highest BCUT2D eigenvalue weighted by Crippen LogP contribution is 2.44. The van der Waals surface area contributed by atoms with E-state index in [2.05, 4.69) is 38.7 Å². The molecule has 8 nitrogen and oxygen atoms in total. The highest BCUT2D eigenvalue weighted by atomic mass is 79.9. The minimum Gasteiger partial charge on any atom is -0.479 e. The zero-order chi connectivity index (χ0) is 24.9.